The minimum Gasteiger partial charge on any atom is -0.414 e. The van der Waals surface area contributed by atoms with Gasteiger partial charge in [-0.1, -0.05) is 63.2 Å². The first-order chi connectivity index (χ1) is 16.6. The number of likely N-dealkylation sites (tertiary alicyclic amines) is 1. The second kappa shape index (κ2) is 12.0. The number of carbonyl (C=O) groups excluding carboxylic acids is 1. The van der Waals surface area contributed by atoms with Gasteiger partial charge >= 0.3 is 0 Å². The molecule has 0 saturated carbocycles. The predicted octanol–water partition coefficient (Wildman–Crippen LogP) is 6.90. The Hall–Kier alpha value is -2.42. The lowest BCUT2D eigenvalue weighted by atomic mass is 10.0. The SMILES string of the molecule is CC(C)(C)[Si](C)(C)OC(CCC1CCC(=O)N1CCCc1ccc(C#N)cc1)Cc1ccccc1. The molecule has 0 radical (unpaired) electrons. The van der Waals surface area contributed by atoms with Crippen molar-refractivity contribution >= 4 is 14.2 Å². The zero-order valence-corrected chi connectivity index (χ0v) is 23.2. The second-order valence-electron chi connectivity index (χ2n) is 11.5. The summed E-state index contributed by atoms with van der Waals surface area (Å²) in [4.78, 5) is 14.8. The van der Waals surface area contributed by atoms with Crippen molar-refractivity contribution < 1.29 is 9.22 Å². The van der Waals surface area contributed by atoms with Gasteiger partial charge in [0.15, 0.2) is 8.32 Å². The molecule has 0 aliphatic carbocycles. The molecule has 0 bridgehead atoms. The molecule has 0 spiro atoms. The minimum atomic E-state index is -1.90. The van der Waals surface area contributed by atoms with Crippen LogP contribution in [0, 0.1) is 11.3 Å². The summed E-state index contributed by atoms with van der Waals surface area (Å²) in [5.74, 6) is 0.291. The van der Waals surface area contributed by atoms with Gasteiger partial charge in [0.2, 0.25) is 5.91 Å². The third kappa shape index (κ3) is 7.78. The van der Waals surface area contributed by atoms with Crippen LogP contribution in [-0.4, -0.2) is 37.8 Å². The maximum absolute atomic E-state index is 12.7. The third-order valence-corrected chi connectivity index (χ3v) is 12.3. The van der Waals surface area contributed by atoms with Gasteiger partial charge in [-0.3, -0.25) is 4.79 Å². The van der Waals surface area contributed by atoms with Gasteiger partial charge in [-0.2, -0.15) is 5.26 Å². The summed E-state index contributed by atoms with van der Waals surface area (Å²) in [6.45, 7) is 12.4. The molecule has 35 heavy (non-hydrogen) atoms. The summed E-state index contributed by atoms with van der Waals surface area (Å²) in [6, 6.07) is 20.9. The average Bonchev–Trinajstić information content (AvgIpc) is 3.17. The van der Waals surface area contributed by atoms with Crippen molar-refractivity contribution in [2.45, 2.75) is 96.0 Å². The van der Waals surface area contributed by atoms with E-state index < -0.39 is 8.32 Å². The van der Waals surface area contributed by atoms with Crippen molar-refractivity contribution in [3.8, 4) is 6.07 Å². The summed E-state index contributed by atoms with van der Waals surface area (Å²) in [5, 5.41) is 9.15. The average molecular weight is 491 g/mol. The zero-order chi connectivity index (χ0) is 25.5. The van der Waals surface area contributed by atoms with Crippen LogP contribution < -0.4 is 0 Å². The molecular formula is C30H42N2O2Si. The number of carbonyl (C=O) groups is 1. The first-order valence-electron chi connectivity index (χ1n) is 13.1. The number of rotatable bonds is 11. The highest BCUT2D eigenvalue weighted by Gasteiger charge is 2.39. The lowest BCUT2D eigenvalue weighted by Crippen LogP contribution is -2.45. The number of aryl methyl sites for hydroxylation is 1. The first-order valence-corrected chi connectivity index (χ1v) is 16.0. The highest BCUT2D eigenvalue weighted by molar-refractivity contribution is 6.74. The topological polar surface area (TPSA) is 53.3 Å². The monoisotopic (exact) mass is 490 g/mol. The van der Waals surface area contributed by atoms with Crippen LogP contribution in [0.25, 0.3) is 0 Å². The molecule has 1 saturated heterocycles. The lowest BCUT2D eigenvalue weighted by molar-refractivity contribution is -0.129. The molecule has 1 amide bonds. The van der Waals surface area contributed by atoms with Gasteiger partial charge in [-0.25, -0.2) is 0 Å². The van der Waals surface area contributed by atoms with Gasteiger partial charge in [0.25, 0.3) is 0 Å². The van der Waals surface area contributed by atoms with Crippen LogP contribution in [0.3, 0.4) is 0 Å². The van der Waals surface area contributed by atoms with E-state index in [0.29, 0.717) is 23.9 Å². The van der Waals surface area contributed by atoms with Crippen molar-refractivity contribution in [2.24, 2.45) is 0 Å². The van der Waals surface area contributed by atoms with Crippen molar-refractivity contribution in [2.75, 3.05) is 6.54 Å². The van der Waals surface area contributed by atoms with Gasteiger partial charge < -0.3 is 9.33 Å². The van der Waals surface area contributed by atoms with Crippen molar-refractivity contribution in [1.29, 1.82) is 5.26 Å². The largest absolute Gasteiger partial charge is 0.414 e. The molecule has 188 valence electrons. The van der Waals surface area contributed by atoms with Crippen molar-refractivity contribution in [1.82, 2.24) is 4.90 Å². The number of nitrogens with zero attached hydrogens (tertiary/aromatic N) is 2. The molecule has 0 aromatic heterocycles. The molecule has 2 aromatic carbocycles. The van der Waals surface area contributed by atoms with Gasteiger partial charge in [0, 0.05) is 25.1 Å². The number of benzene rings is 2. The molecule has 2 atom stereocenters. The van der Waals surface area contributed by atoms with Crippen molar-refractivity contribution in [3.63, 3.8) is 0 Å². The molecule has 4 nitrogen and oxygen atoms in total. The van der Waals surface area contributed by atoms with Crippen LogP contribution in [-0.2, 0) is 22.1 Å². The maximum atomic E-state index is 12.7. The van der Waals surface area contributed by atoms with Crippen LogP contribution in [0.5, 0.6) is 0 Å². The number of amides is 1. The molecule has 1 aliphatic rings. The van der Waals surface area contributed by atoms with E-state index in [0.717, 1.165) is 45.1 Å². The number of hydrogen-bond acceptors (Lipinski definition) is 3. The van der Waals surface area contributed by atoms with E-state index >= 15 is 0 Å². The van der Waals surface area contributed by atoms with Crippen molar-refractivity contribution in [3.05, 3.63) is 71.3 Å². The Kier molecular flexibility index (Phi) is 9.32. The van der Waals surface area contributed by atoms with Gasteiger partial charge in [0.1, 0.15) is 0 Å². The summed E-state index contributed by atoms with van der Waals surface area (Å²) < 4.78 is 6.90. The predicted molar refractivity (Wildman–Crippen MR) is 146 cm³/mol. The quantitative estimate of drug-likeness (QED) is 0.322. The molecule has 1 aliphatic heterocycles. The van der Waals surface area contributed by atoms with Crippen LogP contribution in [0.4, 0.5) is 0 Å². The highest BCUT2D eigenvalue weighted by Crippen LogP contribution is 2.38. The summed E-state index contributed by atoms with van der Waals surface area (Å²) in [5.41, 5.74) is 3.23. The third-order valence-electron chi connectivity index (χ3n) is 7.80. The van der Waals surface area contributed by atoms with E-state index in [1.54, 1.807) is 0 Å². The molecule has 3 rings (SSSR count). The number of hydrogen-bond donors (Lipinski definition) is 0. The highest BCUT2D eigenvalue weighted by atomic mass is 28.4. The minimum absolute atomic E-state index is 0.169. The van der Waals surface area contributed by atoms with E-state index in [2.05, 4.69) is 75.2 Å². The van der Waals surface area contributed by atoms with Gasteiger partial charge in [0.05, 0.1) is 11.6 Å². The van der Waals surface area contributed by atoms with E-state index in [9.17, 15) is 4.79 Å². The molecule has 2 aromatic rings. The fraction of sp³-hybridized carbons (Fsp3) is 0.533. The Morgan fingerprint density at radius 3 is 2.40 bits per heavy atom. The van der Waals surface area contributed by atoms with Crippen LogP contribution in [0.2, 0.25) is 18.1 Å². The molecule has 1 heterocycles. The molecule has 2 unspecified atom stereocenters. The smallest absolute Gasteiger partial charge is 0.222 e. The van der Waals surface area contributed by atoms with E-state index in [1.165, 1.54) is 11.1 Å². The standard InChI is InChI=1S/C30H42N2O2Si/c1-30(2,3)35(4,5)34-28(22-25-10-7-6-8-11-25)19-17-27-18-20-29(33)32(27)21-9-12-24-13-15-26(23-31)16-14-24/h6-8,10-11,13-16,27-28H,9,12,17-22H2,1-5H3. The Balaban J connectivity index is 1.59. The molecular weight excluding hydrogens is 448 g/mol. The fourth-order valence-electron chi connectivity index (χ4n) is 4.65. The molecule has 1 fully saturated rings. The maximum Gasteiger partial charge on any atom is 0.222 e. The molecule has 5 heteroatoms. The zero-order valence-electron chi connectivity index (χ0n) is 22.2. The lowest BCUT2D eigenvalue weighted by Gasteiger charge is -2.40. The van der Waals surface area contributed by atoms with Gasteiger partial charge in [-0.15, -0.1) is 0 Å². The second-order valence-corrected chi connectivity index (χ2v) is 16.2. The van der Waals surface area contributed by atoms with E-state index in [1.807, 2.05) is 24.3 Å². The normalized spacial score (nSPS) is 17.4. The Bertz CT molecular complexity index is 990. The summed E-state index contributed by atoms with van der Waals surface area (Å²) in [7, 11) is -1.90. The van der Waals surface area contributed by atoms with E-state index in [4.69, 9.17) is 9.69 Å². The van der Waals surface area contributed by atoms with Gasteiger partial charge in [-0.05, 0) is 79.9 Å². The first kappa shape index (κ1) is 27.2. The van der Waals surface area contributed by atoms with Crippen LogP contribution >= 0.6 is 0 Å². The Labute approximate surface area is 213 Å². The van der Waals surface area contributed by atoms with E-state index in [-0.39, 0.29) is 11.1 Å². The Morgan fingerprint density at radius 2 is 1.77 bits per heavy atom. The number of nitriles is 1. The Morgan fingerprint density at radius 1 is 1.09 bits per heavy atom. The van der Waals surface area contributed by atoms with Crippen LogP contribution in [0.1, 0.15) is 69.6 Å². The molecule has 0 N–H and O–H groups in total. The summed E-state index contributed by atoms with van der Waals surface area (Å²) >= 11 is 0. The van der Waals surface area contributed by atoms with Crippen LogP contribution in [0.15, 0.2) is 54.6 Å². The summed E-state index contributed by atoms with van der Waals surface area (Å²) in [6.07, 6.45) is 6.55. The fourth-order valence-corrected chi connectivity index (χ4v) is 6.04.